The van der Waals surface area contributed by atoms with E-state index in [0.29, 0.717) is 17.2 Å². The van der Waals surface area contributed by atoms with Gasteiger partial charge in [0, 0.05) is 11.8 Å². The minimum Gasteiger partial charge on any atom is -0.454 e. The molecule has 2 N–H and O–H groups in total. The molecule has 0 saturated heterocycles. The van der Waals surface area contributed by atoms with E-state index in [2.05, 4.69) is 10.0 Å². The van der Waals surface area contributed by atoms with E-state index in [-0.39, 0.29) is 22.3 Å². The number of benzene rings is 2. The molecule has 4 rings (SSSR count). The first kappa shape index (κ1) is 21.7. The van der Waals surface area contributed by atoms with Gasteiger partial charge in [-0.15, -0.1) is 11.3 Å². The van der Waals surface area contributed by atoms with Gasteiger partial charge in [-0.05, 0) is 42.6 Å². The van der Waals surface area contributed by atoms with Crippen LogP contribution in [0.15, 0.2) is 64.2 Å². The summed E-state index contributed by atoms with van der Waals surface area (Å²) in [6.45, 7) is 1.52. The summed E-state index contributed by atoms with van der Waals surface area (Å²) in [6.07, 6.45) is -1.14. The Morgan fingerprint density at radius 3 is 2.62 bits per heavy atom. The number of carbonyl (C=O) groups excluding carboxylic acids is 2. The first-order valence-electron chi connectivity index (χ1n) is 9.40. The van der Waals surface area contributed by atoms with E-state index in [0.717, 1.165) is 11.3 Å². The molecular weight excluding hydrogens is 456 g/mol. The minimum absolute atomic E-state index is 0.0182. The summed E-state index contributed by atoms with van der Waals surface area (Å²) < 4.78 is 43.3. The summed E-state index contributed by atoms with van der Waals surface area (Å²) in [5.41, 5.74) is 0.482. The molecule has 2 heterocycles. The van der Waals surface area contributed by atoms with Gasteiger partial charge >= 0.3 is 5.97 Å². The van der Waals surface area contributed by atoms with E-state index >= 15 is 0 Å². The molecule has 1 aliphatic heterocycles. The molecule has 166 valence electrons. The number of hydrogen-bond acceptors (Lipinski definition) is 8. The van der Waals surface area contributed by atoms with Crippen LogP contribution in [0.3, 0.4) is 0 Å². The lowest BCUT2D eigenvalue weighted by Crippen LogP contribution is -2.30. The SMILES string of the molecule is CC(OC(=O)c1ccccc1NS(=O)(=O)c1cccs1)C(=O)Nc1ccc2c(c1)OCO2. The zero-order valence-electron chi connectivity index (χ0n) is 16.7. The number of sulfonamides is 1. The van der Waals surface area contributed by atoms with E-state index < -0.39 is 28.0 Å². The third-order valence-electron chi connectivity index (χ3n) is 4.44. The molecule has 1 unspecified atom stereocenters. The number of thiophene rings is 1. The van der Waals surface area contributed by atoms with Crippen LogP contribution >= 0.6 is 11.3 Å². The van der Waals surface area contributed by atoms with Gasteiger partial charge in [-0.25, -0.2) is 13.2 Å². The van der Waals surface area contributed by atoms with Crippen LogP contribution in [0.4, 0.5) is 11.4 Å². The molecule has 32 heavy (non-hydrogen) atoms. The standard InChI is InChI=1S/C21H18N2O7S2/c1-13(20(24)22-14-8-9-17-18(11-14)29-12-28-17)30-21(25)15-5-2-3-6-16(15)23-32(26,27)19-7-4-10-31-19/h2-11,13,23H,12H2,1H3,(H,22,24). The number of carbonyl (C=O) groups is 2. The number of fused-ring (bicyclic) bond motifs is 1. The number of para-hydroxylation sites is 1. The zero-order valence-corrected chi connectivity index (χ0v) is 18.4. The van der Waals surface area contributed by atoms with Crippen molar-refractivity contribution >= 4 is 44.6 Å². The molecule has 1 aliphatic rings. The average molecular weight is 475 g/mol. The highest BCUT2D eigenvalue weighted by Gasteiger charge is 2.24. The van der Waals surface area contributed by atoms with Crippen molar-refractivity contribution in [3.8, 4) is 11.5 Å². The predicted molar refractivity (Wildman–Crippen MR) is 118 cm³/mol. The van der Waals surface area contributed by atoms with Crippen molar-refractivity contribution < 1.29 is 32.2 Å². The molecule has 9 nitrogen and oxygen atoms in total. The van der Waals surface area contributed by atoms with Crippen LogP contribution in [0, 0.1) is 0 Å². The number of nitrogens with one attached hydrogen (secondary N) is 2. The maximum Gasteiger partial charge on any atom is 0.341 e. The van der Waals surface area contributed by atoms with Crippen LogP contribution in [0.2, 0.25) is 0 Å². The van der Waals surface area contributed by atoms with Gasteiger partial charge in [-0.2, -0.15) is 0 Å². The van der Waals surface area contributed by atoms with Gasteiger partial charge in [0.2, 0.25) is 6.79 Å². The van der Waals surface area contributed by atoms with Crippen molar-refractivity contribution in [3.05, 3.63) is 65.5 Å². The zero-order chi connectivity index (χ0) is 22.7. The molecule has 0 fully saturated rings. The van der Waals surface area contributed by atoms with Gasteiger partial charge in [-0.3, -0.25) is 9.52 Å². The Kier molecular flexibility index (Phi) is 6.01. The Morgan fingerprint density at radius 2 is 1.84 bits per heavy atom. The molecule has 0 aliphatic carbocycles. The highest BCUT2D eigenvalue weighted by atomic mass is 32.2. The normalized spacial score (nSPS) is 13.3. The Bertz CT molecular complexity index is 1260. The quantitative estimate of drug-likeness (QED) is 0.503. The summed E-state index contributed by atoms with van der Waals surface area (Å²) in [6, 6.07) is 14.0. The molecule has 1 aromatic heterocycles. The minimum atomic E-state index is -3.86. The van der Waals surface area contributed by atoms with Crippen LogP contribution in [0.25, 0.3) is 0 Å². The molecule has 2 aromatic carbocycles. The van der Waals surface area contributed by atoms with Crippen molar-refractivity contribution in [2.75, 3.05) is 16.8 Å². The Hall–Kier alpha value is -3.57. The number of hydrogen-bond donors (Lipinski definition) is 2. The Labute approximate surface area is 188 Å². The van der Waals surface area contributed by atoms with Gasteiger partial charge < -0.3 is 19.5 Å². The van der Waals surface area contributed by atoms with Crippen molar-refractivity contribution in [2.45, 2.75) is 17.2 Å². The van der Waals surface area contributed by atoms with Gasteiger partial charge in [0.1, 0.15) is 4.21 Å². The number of rotatable bonds is 7. The number of ether oxygens (including phenoxy) is 3. The second kappa shape index (κ2) is 8.89. The second-order valence-corrected chi connectivity index (χ2v) is 9.54. The number of amides is 1. The van der Waals surface area contributed by atoms with Crippen LogP contribution in [0.1, 0.15) is 17.3 Å². The molecule has 1 amide bonds. The third kappa shape index (κ3) is 4.68. The molecule has 0 radical (unpaired) electrons. The Morgan fingerprint density at radius 1 is 1.06 bits per heavy atom. The van der Waals surface area contributed by atoms with E-state index in [1.807, 2.05) is 0 Å². The molecule has 1 atom stereocenters. The highest BCUT2D eigenvalue weighted by Crippen LogP contribution is 2.34. The maximum atomic E-state index is 12.7. The van der Waals surface area contributed by atoms with Gasteiger partial charge in [0.15, 0.2) is 17.6 Å². The number of esters is 1. The lowest BCUT2D eigenvalue weighted by atomic mass is 10.2. The fourth-order valence-electron chi connectivity index (χ4n) is 2.86. The van der Waals surface area contributed by atoms with Crippen molar-refractivity contribution in [3.63, 3.8) is 0 Å². The average Bonchev–Trinajstić information content (AvgIpc) is 3.46. The first-order valence-corrected chi connectivity index (χ1v) is 11.8. The highest BCUT2D eigenvalue weighted by molar-refractivity contribution is 7.94. The molecule has 0 spiro atoms. The van der Waals surface area contributed by atoms with E-state index in [1.54, 1.807) is 41.8 Å². The summed E-state index contributed by atoms with van der Waals surface area (Å²) in [5.74, 6) is -0.333. The fraction of sp³-hybridized carbons (Fsp3) is 0.143. The summed E-state index contributed by atoms with van der Waals surface area (Å²) in [4.78, 5) is 25.2. The second-order valence-electron chi connectivity index (χ2n) is 6.69. The summed E-state index contributed by atoms with van der Waals surface area (Å²) in [5, 5.41) is 4.27. The fourth-order valence-corrected chi connectivity index (χ4v) is 4.93. The van der Waals surface area contributed by atoms with Crippen molar-refractivity contribution in [2.24, 2.45) is 0 Å². The first-order chi connectivity index (χ1) is 15.3. The van der Waals surface area contributed by atoms with Gasteiger partial charge in [0.25, 0.3) is 15.9 Å². The lowest BCUT2D eigenvalue weighted by molar-refractivity contribution is -0.123. The van der Waals surface area contributed by atoms with Crippen LogP contribution in [0.5, 0.6) is 11.5 Å². The van der Waals surface area contributed by atoms with Crippen molar-refractivity contribution in [1.82, 2.24) is 0 Å². The summed E-state index contributed by atoms with van der Waals surface area (Å²) >= 11 is 1.05. The number of anilines is 2. The molecule has 0 bridgehead atoms. The van der Waals surface area contributed by atoms with Crippen LogP contribution in [-0.4, -0.2) is 33.2 Å². The van der Waals surface area contributed by atoms with E-state index in [1.165, 1.54) is 25.1 Å². The molecular formula is C21H18N2O7S2. The maximum absolute atomic E-state index is 12.7. The predicted octanol–water partition coefficient (Wildman–Crippen LogP) is 3.46. The van der Waals surface area contributed by atoms with E-state index in [4.69, 9.17) is 14.2 Å². The monoisotopic (exact) mass is 474 g/mol. The lowest BCUT2D eigenvalue weighted by Gasteiger charge is -2.16. The smallest absolute Gasteiger partial charge is 0.341 e. The van der Waals surface area contributed by atoms with Gasteiger partial charge in [0.05, 0.1) is 11.3 Å². The molecule has 3 aromatic rings. The van der Waals surface area contributed by atoms with E-state index in [9.17, 15) is 18.0 Å². The van der Waals surface area contributed by atoms with Gasteiger partial charge in [-0.1, -0.05) is 18.2 Å². The van der Waals surface area contributed by atoms with Crippen LogP contribution < -0.4 is 19.5 Å². The Balaban J connectivity index is 1.44. The largest absolute Gasteiger partial charge is 0.454 e. The third-order valence-corrected chi connectivity index (χ3v) is 7.21. The van der Waals surface area contributed by atoms with Crippen LogP contribution in [-0.2, 0) is 19.6 Å². The molecule has 11 heteroatoms. The van der Waals surface area contributed by atoms with Crippen molar-refractivity contribution in [1.29, 1.82) is 0 Å². The summed E-state index contributed by atoms with van der Waals surface area (Å²) in [7, 11) is -3.86. The molecule has 0 saturated carbocycles. The topological polar surface area (TPSA) is 120 Å².